The van der Waals surface area contributed by atoms with E-state index in [9.17, 15) is 22.4 Å². The monoisotopic (exact) mass is 557 g/mol. The van der Waals surface area contributed by atoms with Crippen LogP contribution in [0.15, 0.2) is 48.8 Å². The molecule has 1 saturated heterocycles. The van der Waals surface area contributed by atoms with Crippen molar-refractivity contribution in [1.29, 1.82) is 0 Å². The van der Waals surface area contributed by atoms with Gasteiger partial charge >= 0.3 is 12.2 Å². The standard InChI is InChI=1S/C27H27F4N7O2/c1-40-14-19-22(13-37-10-2-3-11-37)38-24(25(32)33-15-34-38)23(19)16-4-7-18(8-5-16)35-26(39)36-21-12-17(27(29,30)31)6-9-20(21)28/h4-9,12,15H,2-3,10-11,13-14H2,1H3,(H2,32,33,34)(H2,35,36,39). The second-order valence-electron chi connectivity index (χ2n) is 9.47. The predicted octanol–water partition coefficient (Wildman–Crippen LogP) is 5.52. The first-order chi connectivity index (χ1) is 19.2. The number of methoxy groups -OCH3 is 1. The van der Waals surface area contributed by atoms with Crippen molar-refractivity contribution in [1.82, 2.24) is 19.5 Å². The number of fused-ring (bicyclic) bond motifs is 1. The molecular formula is C27H27F4N7O2. The van der Waals surface area contributed by atoms with Gasteiger partial charge in [0.05, 0.1) is 23.6 Å². The molecule has 0 bridgehead atoms. The summed E-state index contributed by atoms with van der Waals surface area (Å²) in [7, 11) is 1.61. The Labute approximate surface area is 226 Å². The third-order valence-electron chi connectivity index (χ3n) is 6.80. The lowest BCUT2D eigenvalue weighted by molar-refractivity contribution is -0.137. The summed E-state index contributed by atoms with van der Waals surface area (Å²) in [6.07, 6.45) is -0.996. The summed E-state index contributed by atoms with van der Waals surface area (Å²) < 4.78 is 60.3. The van der Waals surface area contributed by atoms with Gasteiger partial charge in [0, 0.05) is 30.5 Å². The predicted molar refractivity (Wildman–Crippen MR) is 142 cm³/mol. The van der Waals surface area contributed by atoms with Crippen LogP contribution < -0.4 is 16.4 Å². The summed E-state index contributed by atoms with van der Waals surface area (Å²) in [4.78, 5) is 19.0. The number of nitrogen functional groups attached to an aromatic ring is 1. The maximum atomic E-state index is 14.0. The van der Waals surface area contributed by atoms with Crippen LogP contribution in [0.1, 0.15) is 29.7 Å². The van der Waals surface area contributed by atoms with Crippen LogP contribution in [0.3, 0.4) is 0 Å². The maximum Gasteiger partial charge on any atom is 0.416 e. The number of alkyl halides is 3. The van der Waals surface area contributed by atoms with Gasteiger partial charge in [-0.3, -0.25) is 4.90 Å². The van der Waals surface area contributed by atoms with E-state index in [1.54, 1.807) is 35.9 Å². The largest absolute Gasteiger partial charge is 0.416 e. The minimum Gasteiger partial charge on any atom is -0.382 e. The Hall–Kier alpha value is -4.23. The fraction of sp³-hybridized carbons (Fsp3) is 0.296. The van der Waals surface area contributed by atoms with Gasteiger partial charge in [0.2, 0.25) is 0 Å². The summed E-state index contributed by atoms with van der Waals surface area (Å²) in [6.45, 7) is 2.96. The number of nitrogens with two attached hydrogens (primary N) is 1. The van der Waals surface area contributed by atoms with Crippen LogP contribution in [-0.2, 0) is 24.1 Å². The highest BCUT2D eigenvalue weighted by atomic mass is 19.4. The second-order valence-corrected chi connectivity index (χ2v) is 9.47. The van der Waals surface area contributed by atoms with E-state index in [-0.39, 0.29) is 0 Å². The minimum atomic E-state index is -4.68. The van der Waals surface area contributed by atoms with Gasteiger partial charge in [-0.05, 0) is 61.8 Å². The zero-order valence-electron chi connectivity index (χ0n) is 21.6. The zero-order chi connectivity index (χ0) is 28.4. The molecule has 4 aromatic rings. The average Bonchev–Trinajstić information content (AvgIpc) is 3.53. The molecule has 210 valence electrons. The van der Waals surface area contributed by atoms with Crippen molar-refractivity contribution < 1.29 is 27.1 Å². The SMILES string of the molecule is COCc1c(-c2ccc(NC(=O)Nc3cc(C(F)(F)F)ccc3F)cc2)c2c(N)ncnn2c1CN1CCCC1. The third-order valence-corrected chi connectivity index (χ3v) is 6.80. The summed E-state index contributed by atoms with van der Waals surface area (Å²) in [5, 5.41) is 9.12. The van der Waals surface area contributed by atoms with Gasteiger partial charge in [-0.25, -0.2) is 18.7 Å². The van der Waals surface area contributed by atoms with Crippen LogP contribution in [0.5, 0.6) is 0 Å². The smallest absolute Gasteiger partial charge is 0.382 e. The van der Waals surface area contributed by atoms with Crippen LogP contribution >= 0.6 is 0 Å². The molecule has 0 spiro atoms. The number of benzene rings is 2. The molecule has 0 unspecified atom stereocenters. The zero-order valence-corrected chi connectivity index (χ0v) is 21.6. The van der Waals surface area contributed by atoms with Crippen LogP contribution in [-0.4, -0.2) is 45.7 Å². The van der Waals surface area contributed by atoms with E-state index in [4.69, 9.17) is 10.5 Å². The molecule has 40 heavy (non-hydrogen) atoms. The van der Waals surface area contributed by atoms with Crippen molar-refractivity contribution in [2.75, 3.05) is 36.6 Å². The fourth-order valence-corrected chi connectivity index (χ4v) is 4.95. The number of anilines is 3. The molecular weight excluding hydrogens is 530 g/mol. The lowest BCUT2D eigenvalue weighted by atomic mass is 10.0. The number of ether oxygens (including phenoxy) is 1. The van der Waals surface area contributed by atoms with E-state index < -0.39 is 29.3 Å². The van der Waals surface area contributed by atoms with Crippen LogP contribution in [0.25, 0.3) is 16.6 Å². The molecule has 0 aliphatic carbocycles. The lowest BCUT2D eigenvalue weighted by Gasteiger charge is -2.16. The quantitative estimate of drug-likeness (QED) is 0.258. The number of aromatic nitrogens is 3. The molecule has 4 N–H and O–H groups in total. The van der Waals surface area contributed by atoms with Crippen molar-refractivity contribution in [3.8, 4) is 11.1 Å². The Bertz CT molecular complexity index is 1530. The summed E-state index contributed by atoms with van der Waals surface area (Å²) in [5.74, 6) is -0.686. The first kappa shape index (κ1) is 27.3. The second kappa shape index (κ2) is 11.1. The molecule has 0 radical (unpaired) electrons. The van der Waals surface area contributed by atoms with E-state index in [0.29, 0.717) is 48.4 Å². The Morgan fingerprint density at radius 2 is 1.82 bits per heavy atom. The first-order valence-electron chi connectivity index (χ1n) is 12.5. The number of nitrogens with one attached hydrogen (secondary N) is 2. The van der Waals surface area contributed by atoms with E-state index in [1.165, 1.54) is 6.33 Å². The van der Waals surface area contributed by atoms with Gasteiger partial charge in [0.15, 0.2) is 5.82 Å². The number of likely N-dealkylation sites (tertiary alicyclic amines) is 1. The highest BCUT2D eigenvalue weighted by molar-refractivity contribution is 6.00. The highest BCUT2D eigenvalue weighted by Gasteiger charge is 2.31. The fourth-order valence-electron chi connectivity index (χ4n) is 4.95. The van der Waals surface area contributed by atoms with Crippen molar-refractivity contribution in [3.05, 3.63) is 71.4 Å². The molecule has 0 atom stereocenters. The Morgan fingerprint density at radius 3 is 2.50 bits per heavy atom. The minimum absolute atomic E-state index is 0.305. The van der Waals surface area contributed by atoms with Crippen molar-refractivity contribution in [2.45, 2.75) is 32.2 Å². The van der Waals surface area contributed by atoms with Crippen molar-refractivity contribution in [2.24, 2.45) is 0 Å². The molecule has 1 aliphatic heterocycles. The number of nitrogens with zero attached hydrogens (tertiary/aromatic N) is 4. The molecule has 13 heteroatoms. The van der Waals surface area contributed by atoms with Gasteiger partial charge in [0.1, 0.15) is 17.7 Å². The van der Waals surface area contributed by atoms with Crippen molar-refractivity contribution >= 4 is 28.7 Å². The van der Waals surface area contributed by atoms with E-state index in [0.717, 1.165) is 48.3 Å². The number of halogens is 4. The molecule has 1 aliphatic rings. The van der Waals surface area contributed by atoms with Crippen LogP contribution in [0.4, 0.5) is 39.5 Å². The Kier molecular flexibility index (Phi) is 7.59. The number of hydrogen-bond acceptors (Lipinski definition) is 6. The summed E-state index contributed by atoms with van der Waals surface area (Å²) in [5.41, 5.74) is 9.06. The van der Waals surface area contributed by atoms with Crippen LogP contribution in [0.2, 0.25) is 0 Å². The Morgan fingerprint density at radius 1 is 1.10 bits per heavy atom. The van der Waals surface area contributed by atoms with Gasteiger partial charge in [-0.2, -0.15) is 18.3 Å². The Balaban J connectivity index is 1.42. The molecule has 9 nitrogen and oxygen atoms in total. The van der Waals surface area contributed by atoms with Gasteiger partial charge in [-0.1, -0.05) is 12.1 Å². The molecule has 2 aromatic heterocycles. The molecule has 5 rings (SSSR count). The number of amides is 2. The maximum absolute atomic E-state index is 14.0. The lowest BCUT2D eigenvalue weighted by Crippen LogP contribution is -2.21. The normalized spacial score (nSPS) is 14.1. The summed E-state index contributed by atoms with van der Waals surface area (Å²) in [6, 6.07) is 7.68. The van der Waals surface area contributed by atoms with Gasteiger partial charge < -0.3 is 21.1 Å². The molecule has 2 aromatic carbocycles. The molecule has 1 fully saturated rings. The van der Waals surface area contributed by atoms with Crippen molar-refractivity contribution in [3.63, 3.8) is 0 Å². The van der Waals surface area contributed by atoms with Gasteiger partial charge in [0.25, 0.3) is 0 Å². The molecule has 2 amide bonds. The first-order valence-corrected chi connectivity index (χ1v) is 12.5. The highest BCUT2D eigenvalue weighted by Crippen LogP contribution is 2.37. The topological polar surface area (TPSA) is 110 Å². The average molecular weight is 558 g/mol. The molecule has 3 heterocycles. The van der Waals surface area contributed by atoms with Crippen LogP contribution in [0, 0.1) is 5.82 Å². The van der Waals surface area contributed by atoms with E-state index in [2.05, 4.69) is 25.6 Å². The number of hydrogen-bond donors (Lipinski definition) is 3. The third kappa shape index (κ3) is 5.56. The van der Waals surface area contributed by atoms with E-state index >= 15 is 0 Å². The number of carbonyl (C=O) groups is 1. The number of carbonyl (C=O) groups excluding carboxylic acids is 1. The van der Waals surface area contributed by atoms with E-state index in [1.807, 2.05) is 0 Å². The number of urea groups is 1. The summed E-state index contributed by atoms with van der Waals surface area (Å²) >= 11 is 0. The molecule has 0 saturated carbocycles. The van der Waals surface area contributed by atoms with Gasteiger partial charge in [-0.15, -0.1) is 0 Å². The number of rotatable bonds is 7.